The highest BCUT2D eigenvalue weighted by atomic mass is 32.2. The number of thioether (sulfide) groups is 1. The average Bonchev–Trinajstić information content (AvgIpc) is 2.55. The van der Waals surface area contributed by atoms with E-state index < -0.39 is 0 Å². The lowest BCUT2D eigenvalue weighted by atomic mass is 10.2. The normalized spacial score (nSPS) is 11.6. The van der Waals surface area contributed by atoms with E-state index in [1.165, 1.54) is 11.8 Å². The number of anilines is 1. The van der Waals surface area contributed by atoms with E-state index in [2.05, 4.69) is 15.3 Å². The largest absolute Gasteiger partial charge is 0.493 e. The molecule has 0 bridgehead atoms. The van der Waals surface area contributed by atoms with Crippen LogP contribution >= 0.6 is 11.8 Å². The van der Waals surface area contributed by atoms with Crippen LogP contribution in [0.15, 0.2) is 41.8 Å². The van der Waals surface area contributed by atoms with Crippen molar-refractivity contribution in [3.8, 4) is 11.5 Å². The number of rotatable bonds is 6. The van der Waals surface area contributed by atoms with Crippen LogP contribution in [0.5, 0.6) is 11.5 Å². The molecule has 0 saturated heterocycles. The lowest BCUT2D eigenvalue weighted by molar-refractivity contribution is -0.115. The molecule has 1 aromatic carbocycles. The number of nitrogens with one attached hydrogen (secondary N) is 1. The van der Waals surface area contributed by atoms with Crippen molar-refractivity contribution in [2.45, 2.75) is 17.3 Å². The van der Waals surface area contributed by atoms with E-state index in [1.54, 1.807) is 57.8 Å². The number of ether oxygens (including phenoxy) is 2. The van der Waals surface area contributed by atoms with E-state index in [0.29, 0.717) is 22.3 Å². The van der Waals surface area contributed by atoms with Gasteiger partial charge in [0.15, 0.2) is 16.7 Å². The Bertz CT molecular complexity index is 637. The number of nitrogens with zero attached hydrogens (tertiary/aromatic N) is 2. The zero-order valence-electron chi connectivity index (χ0n) is 12.6. The molecule has 0 fully saturated rings. The van der Waals surface area contributed by atoms with Gasteiger partial charge in [0.1, 0.15) is 0 Å². The topological polar surface area (TPSA) is 73.3 Å². The quantitative estimate of drug-likeness (QED) is 0.652. The van der Waals surface area contributed by atoms with Gasteiger partial charge >= 0.3 is 0 Å². The first-order valence-electron chi connectivity index (χ1n) is 6.60. The van der Waals surface area contributed by atoms with Gasteiger partial charge in [0.05, 0.1) is 19.5 Å². The second-order valence-corrected chi connectivity index (χ2v) is 5.66. The number of amides is 1. The van der Waals surface area contributed by atoms with Gasteiger partial charge in [-0.1, -0.05) is 11.8 Å². The third kappa shape index (κ3) is 4.11. The number of carbonyl (C=O) groups is 1. The Kier molecular flexibility index (Phi) is 5.60. The van der Waals surface area contributed by atoms with Gasteiger partial charge in [0.25, 0.3) is 0 Å². The van der Waals surface area contributed by atoms with Crippen molar-refractivity contribution in [3.63, 3.8) is 0 Å². The van der Waals surface area contributed by atoms with Crippen LogP contribution in [0, 0.1) is 0 Å². The number of aromatic nitrogens is 2. The van der Waals surface area contributed by atoms with Crippen LogP contribution < -0.4 is 14.8 Å². The van der Waals surface area contributed by atoms with Gasteiger partial charge in [0.2, 0.25) is 5.91 Å². The maximum Gasteiger partial charge on any atom is 0.237 e. The van der Waals surface area contributed by atoms with Crippen LogP contribution in [-0.2, 0) is 4.79 Å². The molecule has 0 aliphatic rings. The molecule has 22 heavy (non-hydrogen) atoms. The lowest BCUT2D eigenvalue weighted by Crippen LogP contribution is -2.22. The predicted octanol–water partition coefficient (Wildman–Crippen LogP) is 2.61. The summed E-state index contributed by atoms with van der Waals surface area (Å²) < 4.78 is 10.4. The number of methoxy groups -OCH3 is 2. The van der Waals surface area contributed by atoms with Crippen LogP contribution in [0.25, 0.3) is 0 Å². The summed E-state index contributed by atoms with van der Waals surface area (Å²) in [6.07, 6.45) is 3.29. The van der Waals surface area contributed by atoms with Crippen LogP contribution in [-0.4, -0.2) is 35.3 Å². The highest BCUT2D eigenvalue weighted by Gasteiger charge is 2.16. The first-order valence-corrected chi connectivity index (χ1v) is 7.48. The molecule has 1 unspecified atom stereocenters. The van der Waals surface area contributed by atoms with E-state index in [-0.39, 0.29) is 11.2 Å². The van der Waals surface area contributed by atoms with Crippen LogP contribution in [0.3, 0.4) is 0 Å². The minimum Gasteiger partial charge on any atom is -0.493 e. The second-order valence-electron chi connectivity index (χ2n) is 4.35. The maximum atomic E-state index is 12.2. The number of hydrogen-bond acceptors (Lipinski definition) is 6. The number of benzene rings is 1. The predicted molar refractivity (Wildman–Crippen MR) is 85.5 cm³/mol. The van der Waals surface area contributed by atoms with E-state index in [0.717, 1.165) is 0 Å². The molecule has 0 aliphatic carbocycles. The van der Waals surface area contributed by atoms with Gasteiger partial charge in [-0.3, -0.25) is 4.79 Å². The summed E-state index contributed by atoms with van der Waals surface area (Å²) in [5.74, 6) is 1.04. The first kappa shape index (κ1) is 16.1. The molecule has 6 nitrogen and oxygen atoms in total. The molecular formula is C15H17N3O3S. The van der Waals surface area contributed by atoms with Gasteiger partial charge < -0.3 is 14.8 Å². The Balaban J connectivity index is 2.02. The SMILES string of the molecule is COc1ccc(NC(=O)C(C)Sc2ncccn2)cc1OC. The zero-order chi connectivity index (χ0) is 15.9. The standard InChI is InChI=1S/C15H17N3O3S/c1-10(22-15-16-7-4-8-17-15)14(19)18-11-5-6-12(20-2)13(9-11)21-3/h4-10H,1-3H3,(H,18,19). The summed E-state index contributed by atoms with van der Waals surface area (Å²) in [5, 5.41) is 3.08. The fourth-order valence-electron chi connectivity index (χ4n) is 1.72. The van der Waals surface area contributed by atoms with Gasteiger partial charge in [-0.15, -0.1) is 0 Å². The summed E-state index contributed by atoms with van der Waals surface area (Å²) in [4.78, 5) is 20.4. The third-order valence-corrected chi connectivity index (χ3v) is 3.83. The molecule has 0 aliphatic heterocycles. The lowest BCUT2D eigenvalue weighted by Gasteiger charge is -2.13. The van der Waals surface area contributed by atoms with E-state index in [4.69, 9.17) is 9.47 Å². The fourth-order valence-corrected chi connectivity index (χ4v) is 2.44. The molecule has 0 spiro atoms. The van der Waals surface area contributed by atoms with Crippen LogP contribution in [0.4, 0.5) is 5.69 Å². The third-order valence-electron chi connectivity index (χ3n) is 2.84. The van der Waals surface area contributed by atoms with Crippen molar-refractivity contribution in [3.05, 3.63) is 36.7 Å². The summed E-state index contributed by atoms with van der Waals surface area (Å²) in [7, 11) is 3.11. The number of carbonyl (C=O) groups excluding carboxylic acids is 1. The van der Waals surface area contributed by atoms with Gasteiger partial charge in [-0.25, -0.2) is 9.97 Å². The molecule has 1 heterocycles. The van der Waals surface area contributed by atoms with Crippen molar-refractivity contribution in [2.75, 3.05) is 19.5 Å². The molecule has 1 atom stereocenters. The number of hydrogen-bond donors (Lipinski definition) is 1. The summed E-state index contributed by atoms with van der Waals surface area (Å²) in [5.41, 5.74) is 0.643. The molecule has 2 rings (SSSR count). The summed E-state index contributed by atoms with van der Waals surface area (Å²) in [6.45, 7) is 1.80. The molecule has 7 heteroatoms. The van der Waals surface area contributed by atoms with Crippen molar-refractivity contribution in [1.82, 2.24) is 9.97 Å². The summed E-state index contributed by atoms with van der Waals surface area (Å²) in [6, 6.07) is 6.95. The molecule has 1 amide bonds. The fraction of sp³-hybridized carbons (Fsp3) is 0.267. The minimum absolute atomic E-state index is 0.135. The van der Waals surface area contributed by atoms with Gasteiger partial charge in [-0.05, 0) is 25.1 Å². The highest BCUT2D eigenvalue weighted by Crippen LogP contribution is 2.30. The molecule has 1 N–H and O–H groups in total. The smallest absolute Gasteiger partial charge is 0.237 e. The molecule has 116 valence electrons. The molecular weight excluding hydrogens is 302 g/mol. The monoisotopic (exact) mass is 319 g/mol. The summed E-state index contributed by atoms with van der Waals surface area (Å²) >= 11 is 1.30. The van der Waals surface area contributed by atoms with Crippen molar-refractivity contribution in [2.24, 2.45) is 0 Å². The van der Waals surface area contributed by atoms with E-state index in [1.807, 2.05) is 0 Å². The Morgan fingerprint density at radius 3 is 2.50 bits per heavy atom. The minimum atomic E-state index is -0.324. The molecule has 2 aromatic rings. The highest BCUT2D eigenvalue weighted by molar-refractivity contribution is 8.00. The first-order chi connectivity index (χ1) is 10.6. The van der Waals surface area contributed by atoms with Crippen molar-refractivity contribution in [1.29, 1.82) is 0 Å². The van der Waals surface area contributed by atoms with Crippen LogP contribution in [0.1, 0.15) is 6.92 Å². The molecule has 1 aromatic heterocycles. The average molecular weight is 319 g/mol. The van der Waals surface area contributed by atoms with Gasteiger partial charge in [0, 0.05) is 24.1 Å². The van der Waals surface area contributed by atoms with Gasteiger partial charge in [-0.2, -0.15) is 0 Å². The molecule has 0 saturated carbocycles. The maximum absolute atomic E-state index is 12.2. The zero-order valence-corrected chi connectivity index (χ0v) is 13.4. The Labute approximate surface area is 133 Å². The molecule has 0 radical (unpaired) electrons. The Morgan fingerprint density at radius 2 is 1.86 bits per heavy atom. The van der Waals surface area contributed by atoms with Crippen molar-refractivity contribution >= 4 is 23.4 Å². The van der Waals surface area contributed by atoms with Crippen LogP contribution in [0.2, 0.25) is 0 Å². The second kappa shape index (κ2) is 7.65. The van der Waals surface area contributed by atoms with E-state index >= 15 is 0 Å². The van der Waals surface area contributed by atoms with Crippen molar-refractivity contribution < 1.29 is 14.3 Å². The Hall–Kier alpha value is -2.28. The van der Waals surface area contributed by atoms with E-state index in [9.17, 15) is 4.79 Å². The Morgan fingerprint density at radius 1 is 1.18 bits per heavy atom.